The Hall–Kier alpha value is -1.75. The number of aromatic nitrogens is 4. The van der Waals surface area contributed by atoms with Crippen LogP contribution < -0.4 is 0 Å². The van der Waals surface area contributed by atoms with Crippen molar-refractivity contribution in [2.75, 3.05) is 0 Å². The third-order valence-electron chi connectivity index (χ3n) is 1.84. The fourth-order valence-electron chi connectivity index (χ4n) is 1.09. The number of rotatable bonds is 2. The van der Waals surface area contributed by atoms with Crippen molar-refractivity contribution in [2.24, 2.45) is 0 Å². The average Bonchev–Trinajstić information content (AvgIpc) is 2.67. The van der Waals surface area contributed by atoms with E-state index >= 15 is 0 Å². The standard InChI is InChI=1S/C9H10N4O/c1-6-2-3-8(13-12-6)9-10-4-7(5-14)11-9/h2-4,14H,5H2,1H3,(H,10,11). The number of aryl methyl sites for hydroxylation is 1. The first-order valence-electron chi connectivity index (χ1n) is 4.25. The maximum atomic E-state index is 8.83. The Bertz CT molecular complexity index is 421. The molecule has 72 valence electrons. The maximum Gasteiger partial charge on any atom is 0.158 e. The first kappa shape index (κ1) is 8.83. The lowest BCUT2D eigenvalue weighted by Gasteiger charge is -1.94. The summed E-state index contributed by atoms with van der Waals surface area (Å²) in [5, 5.41) is 16.7. The Morgan fingerprint density at radius 1 is 1.36 bits per heavy atom. The van der Waals surface area contributed by atoms with Crippen LogP contribution in [0, 0.1) is 6.92 Å². The van der Waals surface area contributed by atoms with Crippen LogP contribution in [0.3, 0.4) is 0 Å². The summed E-state index contributed by atoms with van der Waals surface area (Å²) in [6, 6.07) is 3.70. The summed E-state index contributed by atoms with van der Waals surface area (Å²) in [6.45, 7) is 1.82. The second-order valence-corrected chi connectivity index (χ2v) is 2.98. The number of H-pyrrole nitrogens is 1. The highest BCUT2D eigenvalue weighted by Crippen LogP contribution is 2.11. The molecule has 2 aromatic heterocycles. The van der Waals surface area contributed by atoms with E-state index in [0.29, 0.717) is 17.2 Å². The molecule has 0 bridgehead atoms. The molecule has 0 unspecified atom stereocenters. The molecule has 0 amide bonds. The van der Waals surface area contributed by atoms with Crippen molar-refractivity contribution in [1.29, 1.82) is 0 Å². The molecule has 0 fully saturated rings. The number of imidazole rings is 1. The molecule has 5 heteroatoms. The van der Waals surface area contributed by atoms with Gasteiger partial charge in [-0.05, 0) is 19.1 Å². The molecule has 0 aliphatic heterocycles. The molecule has 0 radical (unpaired) electrons. The quantitative estimate of drug-likeness (QED) is 0.729. The lowest BCUT2D eigenvalue weighted by atomic mass is 10.3. The van der Waals surface area contributed by atoms with Crippen molar-refractivity contribution in [2.45, 2.75) is 13.5 Å². The number of aromatic amines is 1. The summed E-state index contributed by atoms with van der Waals surface area (Å²) in [7, 11) is 0. The largest absolute Gasteiger partial charge is 0.390 e. The zero-order valence-electron chi connectivity index (χ0n) is 7.73. The van der Waals surface area contributed by atoms with Crippen molar-refractivity contribution in [3.05, 3.63) is 29.7 Å². The summed E-state index contributed by atoms with van der Waals surface area (Å²) in [6.07, 6.45) is 1.58. The molecule has 0 aliphatic rings. The van der Waals surface area contributed by atoms with Crippen LogP contribution in [0.25, 0.3) is 11.5 Å². The number of hydrogen-bond donors (Lipinski definition) is 2. The van der Waals surface area contributed by atoms with Crippen molar-refractivity contribution < 1.29 is 5.11 Å². The van der Waals surface area contributed by atoms with E-state index < -0.39 is 0 Å². The van der Waals surface area contributed by atoms with Gasteiger partial charge in [0.05, 0.1) is 24.2 Å². The molecule has 0 saturated heterocycles. The highest BCUT2D eigenvalue weighted by atomic mass is 16.3. The lowest BCUT2D eigenvalue weighted by molar-refractivity contribution is 0.277. The van der Waals surface area contributed by atoms with E-state index in [9.17, 15) is 0 Å². The van der Waals surface area contributed by atoms with Crippen molar-refractivity contribution in [3.63, 3.8) is 0 Å². The van der Waals surface area contributed by atoms with E-state index in [1.165, 1.54) is 0 Å². The summed E-state index contributed by atoms with van der Waals surface area (Å²) in [5.41, 5.74) is 2.21. The Morgan fingerprint density at radius 3 is 2.79 bits per heavy atom. The minimum absolute atomic E-state index is 0.0493. The topological polar surface area (TPSA) is 74.7 Å². The maximum absolute atomic E-state index is 8.83. The number of nitrogens with zero attached hydrogens (tertiary/aromatic N) is 3. The molecule has 0 aliphatic carbocycles. The normalized spacial score (nSPS) is 10.4. The zero-order valence-corrected chi connectivity index (χ0v) is 7.73. The molecule has 0 aromatic carbocycles. The van der Waals surface area contributed by atoms with Gasteiger partial charge < -0.3 is 10.1 Å². The van der Waals surface area contributed by atoms with Crippen LogP contribution in [-0.4, -0.2) is 25.3 Å². The van der Waals surface area contributed by atoms with E-state index in [1.807, 2.05) is 19.1 Å². The predicted molar refractivity (Wildman–Crippen MR) is 50.3 cm³/mol. The molecule has 14 heavy (non-hydrogen) atoms. The van der Waals surface area contributed by atoms with Gasteiger partial charge in [0.15, 0.2) is 5.82 Å². The highest BCUT2D eigenvalue weighted by Gasteiger charge is 2.04. The Balaban J connectivity index is 2.34. The second-order valence-electron chi connectivity index (χ2n) is 2.98. The minimum atomic E-state index is -0.0493. The third-order valence-corrected chi connectivity index (χ3v) is 1.84. The van der Waals surface area contributed by atoms with Gasteiger partial charge in [-0.2, -0.15) is 5.10 Å². The van der Waals surface area contributed by atoms with Crippen molar-refractivity contribution in [1.82, 2.24) is 20.2 Å². The average molecular weight is 190 g/mol. The van der Waals surface area contributed by atoms with Crippen molar-refractivity contribution >= 4 is 0 Å². The van der Waals surface area contributed by atoms with Gasteiger partial charge in [-0.15, -0.1) is 5.10 Å². The van der Waals surface area contributed by atoms with Gasteiger partial charge in [0.25, 0.3) is 0 Å². The molecule has 2 N–H and O–H groups in total. The first-order chi connectivity index (χ1) is 6.79. The van der Waals surface area contributed by atoms with Crippen LogP contribution in [-0.2, 0) is 6.61 Å². The summed E-state index contributed by atoms with van der Waals surface area (Å²) in [5.74, 6) is 0.626. The van der Waals surface area contributed by atoms with E-state index in [-0.39, 0.29) is 6.61 Å². The molecule has 2 heterocycles. The number of aliphatic hydroxyl groups is 1. The second kappa shape index (κ2) is 3.55. The van der Waals surface area contributed by atoms with Crippen LogP contribution >= 0.6 is 0 Å². The lowest BCUT2D eigenvalue weighted by Crippen LogP contribution is -1.91. The Labute approximate surface area is 80.8 Å². The monoisotopic (exact) mass is 190 g/mol. The number of hydrogen-bond acceptors (Lipinski definition) is 4. The third kappa shape index (κ3) is 1.62. The SMILES string of the molecule is Cc1ccc(-c2ncc(CO)[nH]2)nn1. The van der Waals surface area contributed by atoms with Gasteiger partial charge in [-0.3, -0.25) is 0 Å². The van der Waals surface area contributed by atoms with Crippen LogP contribution in [0.15, 0.2) is 18.3 Å². The molecule has 0 atom stereocenters. The molecule has 2 aromatic rings. The van der Waals surface area contributed by atoms with Crippen LogP contribution in [0.1, 0.15) is 11.4 Å². The molecule has 0 saturated carbocycles. The minimum Gasteiger partial charge on any atom is -0.390 e. The van der Waals surface area contributed by atoms with Gasteiger partial charge in [0.2, 0.25) is 0 Å². The van der Waals surface area contributed by atoms with Crippen LogP contribution in [0.2, 0.25) is 0 Å². The number of nitrogens with one attached hydrogen (secondary N) is 1. The van der Waals surface area contributed by atoms with E-state index in [2.05, 4.69) is 20.2 Å². The van der Waals surface area contributed by atoms with Gasteiger partial charge in [0, 0.05) is 0 Å². The zero-order chi connectivity index (χ0) is 9.97. The van der Waals surface area contributed by atoms with Gasteiger partial charge >= 0.3 is 0 Å². The molecule has 5 nitrogen and oxygen atoms in total. The molecule has 0 spiro atoms. The van der Waals surface area contributed by atoms with Crippen molar-refractivity contribution in [3.8, 4) is 11.5 Å². The van der Waals surface area contributed by atoms with Gasteiger partial charge in [0.1, 0.15) is 5.69 Å². The van der Waals surface area contributed by atoms with Gasteiger partial charge in [-0.25, -0.2) is 4.98 Å². The smallest absolute Gasteiger partial charge is 0.158 e. The highest BCUT2D eigenvalue weighted by molar-refractivity contribution is 5.48. The summed E-state index contributed by atoms with van der Waals surface area (Å²) >= 11 is 0. The van der Waals surface area contributed by atoms with Gasteiger partial charge in [-0.1, -0.05) is 0 Å². The molecule has 2 rings (SSSR count). The fraction of sp³-hybridized carbons (Fsp3) is 0.222. The van der Waals surface area contributed by atoms with E-state index in [4.69, 9.17) is 5.11 Å². The van der Waals surface area contributed by atoms with Crippen LogP contribution in [0.4, 0.5) is 0 Å². The van der Waals surface area contributed by atoms with Crippen LogP contribution in [0.5, 0.6) is 0 Å². The Kier molecular flexibility index (Phi) is 2.24. The predicted octanol–water partition coefficient (Wildman–Crippen LogP) is 0.667. The van der Waals surface area contributed by atoms with E-state index in [0.717, 1.165) is 5.69 Å². The van der Waals surface area contributed by atoms with E-state index in [1.54, 1.807) is 6.20 Å². The molecular formula is C9H10N4O. The summed E-state index contributed by atoms with van der Waals surface area (Å²) in [4.78, 5) is 7.00. The fourth-order valence-corrected chi connectivity index (χ4v) is 1.09. The summed E-state index contributed by atoms with van der Waals surface area (Å²) < 4.78 is 0. The first-order valence-corrected chi connectivity index (χ1v) is 4.25. The Morgan fingerprint density at radius 2 is 2.21 bits per heavy atom. The molecular weight excluding hydrogens is 180 g/mol. The number of aliphatic hydroxyl groups excluding tert-OH is 1.